The highest BCUT2D eigenvalue weighted by Gasteiger charge is 2.43. The number of anilines is 1. The summed E-state index contributed by atoms with van der Waals surface area (Å²) in [6, 6.07) is 6.27. The van der Waals surface area contributed by atoms with Crippen molar-refractivity contribution in [3.63, 3.8) is 0 Å². The largest absolute Gasteiger partial charge is 0.423 e. The maximum Gasteiger partial charge on any atom is 0.336 e. The molecule has 1 aromatic heterocycles. The molecule has 0 radical (unpaired) electrons. The van der Waals surface area contributed by atoms with Gasteiger partial charge in [-0.25, -0.2) is 4.79 Å². The number of carbonyl (C=O) groups excluding carboxylic acids is 3. The maximum absolute atomic E-state index is 12.4. The van der Waals surface area contributed by atoms with Crippen LogP contribution >= 0.6 is 0 Å². The van der Waals surface area contributed by atoms with E-state index in [0.717, 1.165) is 10.9 Å². The molecular weight excluding hydrogens is 322 g/mol. The first kappa shape index (κ1) is 17.1. The number of hydrogen-bond donors (Lipinski definition) is 1. The molecule has 1 aliphatic carbocycles. The van der Waals surface area contributed by atoms with Crippen molar-refractivity contribution in [2.75, 3.05) is 5.32 Å². The van der Waals surface area contributed by atoms with Crippen LogP contribution in [0.2, 0.25) is 0 Å². The standard InChI is InChI=1S/C19H19NO5/c1-10-6-16(23)25-15-7-11(4-5-12(10)15)20-18(24)17-13(21)8-19(2,3)9-14(17)22/h4-7,17H,8-9H2,1-3H3,(H,20,24). The Hall–Kier alpha value is -2.76. The minimum absolute atomic E-state index is 0.197. The van der Waals surface area contributed by atoms with Gasteiger partial charge in [0.15, 0.2) is 17.5 Å². The lowest BCUT2D eigenvalue weighted by Gasteiger charge is -2.31. The number of benzene rings is 1. The number of rotatable bonds is 2. The van der Waals surface area contributed by atoms with Crippen LogP contribution in [0.3, 0.4) is 0 Å². The van der Waals surface area contributed by atoms with Crippen LogP contribution in [0.5, 0.6) is 0 Å². The first-order valence-electron chi connectivity index (χ1n) is 8.07. The molecule has 0 bridgehead atoms. The zero-order chi connectivity index (χ0) is 18.4. The lowest BCUT2D eigenvalue weighted by atomic mass is 9.71. The van der Waals surface area contributed by atoms with Gasteiger partial charge >= 0.3 is 5.63 Å². The van der Waals surface area contributed by atoms with Crippen molar-refractivity contribution < 1.29 is 18.8 Å². The van der Waals surface area contributed by atoms with E-state index >= 15 is 0 Å². The molecule has 6 heteroatoms. The number of nitrogens with one attached hydrogen (secondary N) is 1. The van der Waals surface area contributed by atoms with E-state index in [9.17, 15) is 19.2 Å². The van der Waals surface area contributed by atoms with Crippen LogP contribution in [0.15, 0.2) is 33.5 Å². The summed E-state index contributed by atoms with van der Waals surface area (Å²) in [7, 11) is 0. The Balaban J connectivity index is 1.86. The Morgan fingerprint density at radius 3 is 2.40 bits per heavy atom. The normalized spacial score (nSPS) is 17.7. The van der Waals surface area contributed by atoms with Crippen molar-refractivity contribution in [3.8, 4) is 0 Å². The van der Waals surface area contributed by atoms with Gasteiger partial charge in [0.05, 0.1) is 0 Å². The Morgan fingerprint density at radius 1 is 1.12 bits per heavy atom. The first-order chi connectivity index (χ1) is 11.7. The van der Waals surface area contributed by atoms with E-state index in [-0.39, 0.29) is 24.4 Å². The van der Waals surface area contributed by atoms with Crippen LogP contribution in [0.25, 0.3) is 11.0 Å². The summed E-state index contributed by atoms with van der Waals surface area (Å²) >= 11 is 0. The van der Waals surface area contributed by atoms with Crippen LogP contribution < -0.4 is 10.9 Å². The van der Waals surface area contributed by atoms with E-state index in [0.29, 0.717) is 11.3 Å². The highest BCUT2D eigenvalue weighted by Crippen LogP contribution is 2.34. The fourth-order valence-electron chi connectivity index (χ4n) is 3.30. The monoisotopic (exact) mass is 341 g/mol. The summed E-state index contributed by atoms with van der Waals surface area (Å²) in [6.45, 7) is 5.47. The van der Waals surface area contributed by atoms with Gasteiger partial charge in [0.1, 0.15) is 5.58 Å². The van der Waals surface area contributed by atoms with E-state index in [2.05, 4.69) is 5.32 Å². The molecule has 0 spiro atoms. The zero-order valence-electron chi connectivity index (χ0n) is 14.3. The third-order valence-electron chi connectivity index (χ3n) is 4.43. The van der Waals surface area contributed by atoms with Gasteiger partial charge in [0.25, 0.3) is 0 Å². The minimum Gasteiger partial charge on any atom is -0.423 e. The quantitative estimate of drug-likeness (QED) is 0.669. The lowest BCUT2D eigenvalue weighted by Crippen LogP contribution is -2.44. The van der Waals surface area contributed by atoms with Gasteiger partial charge < -0.3 is 9.73 Å². The van der Waals surface area contributed by atoms with Crippen LogP contribution in [-0.2, 0) is 14.4 Å². The fourth-order valence-corrected chi connectivity index (χ4v) is 3.30. The summed E-state index contributed by atoms with van der Waals surface area (Å²) in [6.07, 6.45) is 0.394. The number of hydrogen-bond acceptors (Lipinski definition) is 5. The second kappa shape index (κ2) is 5.95. The number of amides is 1. The van der Waals surface area contributed by atoms with Crippen molar-refractivity contribution in [3.05, 3.63) is 40.2 Å². The average molecular weight is 341 g/mol. The molecule has 1 fully saturated rings. The fraction of sp³-hybridized carbons (Fsp3) is 0.368. The summed E-state index contributed by atoms with van der Waals surface area (Å²) in [5.41, 5.74) is 0.591. The summed E-state index contributed by atoms with van der Waals surface area (Å²) < 4.78 is 5.14. The summed E-state index contributed by atoms with van der Waals surface area (Å²) in [5, 5.41) is 3.34. The third-order valence-corrected chi connectivity index (χ3v) is 4.43. The minimum atomic E-state index is -1.27. The number of carbonyl (C=O) groups is 3. The van der Waals surface area contributed by atoms with Crippen LogP contribution in [0, 0.1) is 18.3 Å². The van der Waals surface area contributed by atoms with Crippen molar-refractivity contribution in [1.29, 1.82) is 0 Å². The molecule has 2 aromatic rings. The van der Waals surface area contributed by atoms with Crippen LogP contribution in [0.1, 0.15) is 32.3 Å². The number of aryl methyl sites for hydroxylation is 1. The lowest BCUT2D eigenvalue weighted by molar-refractivity contribution is -0.144. The average Bonchev–Trinajstić information content (AvgIpc) is 2.44. The highest BCUT2D eigenvalue weighted by molar-refractivity contribution is 6.23. The number of Topliss-reactive ketones (excluding diaryl/α,β-unsaturated/α-hetero) is 2. The van der Waals surface area contributed by atoms with E-state index in [1.807, 2.05) is 13.8 Å². The van der Waals surface area contributed by atoms with Gasteiger partial charge in [0, 0.05) is 36.0 Å². The Labute approximate surface area is 144 Å². The third kappa shape index (κ3) is 3.38. The highest BCUT2D eigenvalue weighted by atomic mass is 16.4. The van der Waals surface area contributed by atoms with Crippen molar-refractivity contribution in [2.45, 2.75) is 33.6 Å². The second-order valence-electron chi connectivity index (χ2n) is 7.33. The Morgan fingerprint density at radius 2 is 1.76 bits per heavy atom. The predicted molar refractivity (Wildman–Crippen MR) is 92.4 cm³/mol. The Kier molecular flexibility index (Phi) is 4.06. The van der Waals surface area contributed by atoms with Crippen LogP contribution in [-0.4, -0.2) is 17.5 Å². The summed E-state index contributed by atoms with van der Waals surface area (Å²) in [5.74, 6) is -2.63. The molecule has 1 amide bonds. The van der Waals surface area contributed by atoms with Crippen molar-refractivity contribution >= 4 is 34.1 Å². The number of fused-ring (bicyclic) bond motifs is 1. The van der Waals surface area contributed by atoms with Gasteiger partial charge in [0.2, 0.25) is 5.91 Å². The molecule has 1 heterocycles. The summed E-state index contributed by atoms with van der Waals surface area (Å²) in [4.78, 5) is 48.3. The van der Waals surface area contributed by atoms with E-state index < -0.39 is 22.9 Å². The number of ketones is 2. The smallest absolute Gasteiger partial charge is 0.336 e. The van der Waals surface area contributed by atoms with Crippen molar-refractivity contribution in [1.82, 2.24) is 0 Å². The molecule has 0 aliphatic heterocycles. The molecule has 1 aromatic carbocycles. The molecule has 6 nitrogen and oxygen atoms in total. The molecule has 0 atom stereocenters. The van der Waals surface area contributed by atoms with Crippen molar-refractivity contribution in [2.24, 2.45) is 11.3 Å². The molecule has 130 valence electrons. The van der Waals surface area contributed by atoms with Crippen LogP contribution in [0.4, 0.5) is 5.69 Å². The van der Waals surface area contributed by atoms with E-state index in [4.69, 9.17) is 4.42 Å². The molecule has 0 saturated heterocycles. The molecular formula is C19H19NO5. The maximum atomic E-state index is 12.4. The van der Waals surface area contributed by atoms with Gasteiger partial charge in [-0.15, -0.1) is 0 Å². The molecule has 1 N–H and O–H groups in total. The molecule has 0 unspecified atom stereocenters. The Bertz CT molecular complexity index is 934. The van der Waals surface area contributed by atoms with E-state index in [1.54, 1.807) is 19.1 Å². The first-order valence-corrected chi connectivity index (χ1v) is 8.07. The topological polar surface area (TPSA) is 93.4 Å². The predicted octanol–water partition coefficient (Wildman–Crippen LogP) is 2.61. The second-order valence-corrected chi connectivity index (χ2v) is 7.33. The van der Waals surface area contributed by atoms with Gasteiger partial charge in [-0.3, -0.25) is 14.4 Å². The van der Waals surface area contributed by atoms with Gasteiger partial charge in [-0.1, -0.05) is 13.8 Å². The molecule has 1 saturated carbocycles. The van der Waals surface area contributed by atoms with E-state index in [1.165, 1.54) is 12.1 Å². The molecule has 1 aliphatic rings. The molecule has 3 rings (SSSR count). The van der Waals surface area contributed by atoms with Gasteiger partial charge in [-0.05, 0) is 30.0 Å². The van der Waals surface area contributed by atoms with Gasteiger partial charge in [-0.2, -0.15) is 0 Å². The zero-order valence-corrected chi connectivity index (χ0v) is 14.3. The molecule has 25 heavy (non-hydrogen) atoms. The SMILES string of the molecule is Cc1cc(=O)oc2cc(NC(=O)C3C(=O)CC(C)(C)CC3=O)ccc12.